The number of amidine groups is 1. The Hall–Kier alpha value is -4.16. The van der Waals surface area contributed by atoms with E-state index >= 15 is 0 Å². The van der Waals surface area contributed by atoms with Crippen molar-refractivity contribution in [2.24, 2.45) is 11.7 Å². The molecule has 9 heteroatoms. The number of nitriles is 1. The van der Waals surface area contributed by atoms with Crippen LogP contribution >= 0.6 is 0 Å². The highest BCUT2D eigenvalue weighted by Gasteiger charge is 2.35. The monoisotopic (exact) mass is 499 g/mol. The lowest BCUT2D eigenvalue weighted by Crippen LogP contribution is -2.51. The average molecular weight is 500 g/mol. The molecule has 0 bridgehead atoms. The lowest BCUT2D eigenvalue weighted by Gasteiger charge is -2.41. The maximum absolute atomic E-state index is 12.0. The third kappa shape index (κ3) is 7.18. The number of nitrogens with one attached hydrogen (secondary N) is 4. The van der Waals surface area contributed by atoms with Gasteiger partial charge in [0.2, 0.25) is 5.91 Å². The number of piperidine rings is 1. The summed E-state index contributed by atoms with van der Waals surface area (Å²) >= 11 is 0. The number of hydrogen-bond acceptors (Lipinski definition) is 7. The predicted octanol–water partition coefficient (Wildman–Crippen LogP) is 3.14. The Labute approximate surface area is 217 Å². The van der Waals surface area contributed by atoms with Gasteiger partial charge in [-0.25, -0.2) is 0 Å². The third-order valence-corrected chi connectivity index (χ3v) is 6.91. The molecular weight excluding hydrogens is 466 g/mol. The number of primary amides is 1. The quantitative estimate of drug-likeness (QED) is 0.193. The first-order valence-electron chi connectivity index (χ1n) is 12.6. The van der Waals surface area contributed by atoms with Gasteiger partial charge in [0.25, 0.3) is 5.91 Å². The minimum Gasteiger partial charge on any atom is -0.384 e. The Morgan fingerprint density at radius 3 is 2.32 bits per heavy atom. The molecule has 0 atom stereocenters. The first-order chi connectivity index (χ1) is 17.9. The average Bonchev–Trinajstić information content (AvgIpc) is 3.73. The summed E-state index contributed by atoms with van der Waals surface area (Å²) in [6.45, 7) is 2.34. The highest BCUT2D eigenvalue weighted by Crippen LogP contribution is 2.29. The lowest BCUT2D eigenvalue weighted by molar-refractivity contribution is -0.120. The van der Waals surface area contributed by atoms with Gasteiger partial charge in [0.15, 0.2) is 0 Å². The van der Waals surface area contributed by atoms with E-state index in [0.29, 0.717) is 12.8 Å². The second kappa shape index (κ2) is 11.7. The summed E-state index contributed by atoms with van der Waals surface area (Å²) in [5.74, 6) is -1.47. The van der Waals surface area contributed by atoms with E-state index in [4.69, 9.17) is 11.1 Å². The highest BCUT2D eigenvalue weighted by molar-refractivity contribution is 6.22. The van der Waals surface area contributed by atoms with Gasteiger partial charge >= 0.3 is 0 Å². The molecule has 2 aromatic rings. The fourth-order valence-corrected chi connectivity index (χ4v) is 4.43. The molecule has 0 aromatic heterocycles. The van der Waals surface area contributed by atoms with E-state index in [-0.39, 0.29) is 29.7 Å². The number of carbonyl (C=O) groups excluding carboxylic acids is 2. The molecule has 4 rings (SSSR count). The molecule has 9 nitrogen and oxygen atoms in total. The van der Waals surface area contributed by atoms with E-state index in [0.717, 1.165) is 43.9 Å². The summed E-state index contributed by atoms with van der Waals surface area (Å²) in [6.07, 6.45) is 4.62. The number of anilines is 2. The Kier molecular flexibility index (Phi) is 8.21. The van der Waals surface area contributed by atoms with Crippen molar-refractivity contribution in [1.29, 1.82) is 10.7 Å². The first-order valence-corrected chi connectivity index (χ1v) is 12.6. The molecule has 2 aliphatic rings. The number of hydrogen-bond donors (Lipinski definition) is 5. The van der Waals surface area contributed by atoms with Gasteiger partial charge in [0, 0.05) is 43.1 Å². The highest BCUT2D eigenvalue weighted by atomic mass is 16.2. The topological polar surface area (TPSA) is 147 Å². The van der Waals surface area contributed by atoms with Crippen molar-refractivity contribution in [1.82, 2.24) is 15.5 Å². The van der Waals surface area contributed by atoms with E-state index in [1.165, 1.54) is 11.8 Å². The molecule has 0 unspecified atom stereocenters. The lowest BCUT2D eigenvalue weighted by atomic mass is 9.84. The Balaban J connectivity index is 1.33. The molecule has 1 saturated heterocycles. The van der Waals surface area contributed by atoms with Crippen LogP contribution < -0.4 is 21.7 Å². The summed E-state index contributed by atoms with van der Waals surface area (Å²) in [7, 11) is 0. The van der Waals surface area contributed by atoms with Crippen molar-refractivity contribution < 1.29 is 9.59 Å². The number of amides is 2. The number of nitrogens with zero attached hydrogens (tertiary/aromatic N) is 2. The summed E-state index contributed by atoms with van der Waals surface area (Å²) in [5, 5.41) is 26.7. The van der Waals surface area contributed by atoms with E-state index in [9.17, 15) is 14.9 Å². The largest absolute Gasteiger partial charge is 0.384 e. The zero-order chi connectivity index (χ0) is 26.3. The first kappa shape index (κ1) is 25.9. The molecule has 1 aliphatic carbocycles. The second-order valence-corrected chi connectivity index (χ2v) is 9.78. The van der Waals surface area contributed by atoms with Crippen molar-refractivity contribution in [3.63, 3.8) is 0 Å². The van der Waals surface area contributed by atoms with Crippen LogP contribution in [0.15, 0.2) is 66.4 Å². The number of likely N-dealkylation sites (tertiary alicyclic amines) is 1. The molecule has 1 saturated carbocycles. The summed E-state index contributed by atoms with van der Waals surface area (Å²) in [5.41, 5.74) is 8.13. The van der Waals surface area contributed by atoms with Crippen molar-refractivity contribution in [3.8, 4) is 6.07 Å². The molecule has 2 fully saturated rings. The normalized spacial score (nSPS) is 17.3. The van der Waals surface area contributed by atoms with Crippen LogP contribution in [0.4, 0.5) is 11.4 Å². The molecule has 1 aliphatic heterocycles. The number of benzene rings is 2. The van der Waals surface area contributed by atoms with Gasteiger partial charge in [-0.15, -0.1) is 0 Å². The summed E-state index contributed by atoms with van der Waals surface area (Å²) < 4.78 is 0. The fourth-order valence-electron chi connectivity index (χ4n) is 4.43. The SMILES string of the molecule is N#CCC1(N/C=C(\C(=N)NC(=O)C2CC2)C(N)=O)CCN(Cc2ccc(Nc3ccccc3)cc2)CC1. The number of rotatable bonds is 10. The minimum absolute atomic E-state index is 0.0898. The van der Waals surface area contributed by atoms with Gasteiger partial charge < -0.3 is 21.7 Å². The Morgan fingerprint density at radius 1 is 1.08 bits per heavy atom. The zero-order valence-electron chi connectivity index (χ0n) is 20.8. The number of nitrogens with two attached hydrogens (primary N) is 1. The van der Waals surface area contributed by atoms with Crippen LogP contribution in [0.5, 0.6) is 0 Å². The van der Waals surface area contributed by atoms with Crippen LogP contribution in [0.2, 0.25) is 0 Å². The molecule has 2 aromatic carbocycles. The van der Waals surface area contributed by atoms with E-state index < -0.39 is 11.4 Å². The second-order valence-electron chi connectivity index (χ2n) is 9.78. The standard InChI is InChI=1S/C28H33N7O2/c29-15-12-28(32-18-24(26(31)36)25(30)34-27(37)21-8-9-21)13-16-35(17-14-28)19-20-6-10-23(11-7-20)33-22-4-2-1-3-5-22/h1-7,10-11,18,21,32-33H,8-9,12-14,16-17,19H2,(H2,31,36)(H2,30,34,37)/b24-18+. The molecule has 0 radical (unpaired) electrons. The minimum atomic E-state index is -0.802. The fraction of sp³-hybridized carbons (Fsp3) is 0.357. The molecule has 0 spiro atoms. The van der Waals surface area contributed by atoms with Gasteiger partial charge in [-0.1, -0.05) is 30.3 Å². The maximum Gasteiger partial charge on any atom is 0.253 e. The van der Waals surface area contributed by atoms with Crippen LogP contribution in [0, 0.1) is 22.7 Å². The van der Waals surface area contributed by atoms with Crippen LogP contribution in [0.25, 0.3) is 0 Å². The van der Waals surface area contributed by atoms with Crippen LogP contribution in [-0.4, -0.2) is 41.2 Å². The molecule has 2 amide bonds. The number of para-hydroxylation sites is 1. The van der Waals surface area contributed by atoms with Crippen molar-refractivity contribution >= 4 is 29.0 Å². The summed E-state index contributed by atoms with van der Waals surface area (Å²) in [6, 6.07) is 20.7. The molecule has 192 valence electrons. The van der Waals surface area contributed by atoms with Crippen LogP contribution in [0.1, 0.15) is 37.7 Å². The van der Waals surface area contributed by atoms with Crippen LogP contribution in [-0.2, 0) is 16.1 Å². The van der Waals surface area contributed by atoms with Crippen LogP contribution in [0.3, 0.4) is 0 Å². The number of carbonyl (C=O) groups is 2. The predicted molar refractivity (Wildman–Crippen MR) is 143 cm³/mol. The Morgan fingerprint density at radius 2 is 1.73 bits per heavy atom. The van der Waals surface area contributed by atoms with Gasteiger partial charge in [0.05, 0.1) is 23.6 Å². The third-order valence-electron chi connectivity index (χ3n) is 6.91. The van der Waals surface area contributed by atoms with Gasteiger partial charge in [0.1, 0.15) is 5.84 Å². The van der Waals surface area contributed by atoms with Crippen molar-refractivity contribution in [2.75, 3.05) is 18.4 Å². The van der Waals surface area contributed by atoms with E-state index in [1.807, 2.05) is 30.3 Å². The Bertz CT molecular complexity index is 1190. The molecule has 37 heavy (non-hydrogen) atoms. The maximum atomic E-state index is 12.0. The van der Waals surface area contributed by atoms with Gasteiger partial charge in [-0.05, 0) is 55.5 Å². The molecule has 1 heterocycles. The molecule has 6 N–H and O–H groups in total. The zero-order valence-corrected chi connectivity index (χ0v) is 20.8. The van der Waals surface area contributed by atoms with Crippen molar-refractivity contribution in [3.05, 3.63) is 71.9 Å². The smallest absolute Gasteiger partial charge is 0.253 e. The van der Waals surface area contributed by atoms with Crippen molar-refractivity contribution in [2.45, 2.75) is 44.2 Å². The van der Waals surface area contributed by atoms with Gasteiger partial charge in [-0.3, -0.25) is 19.9 Å². The summed E-state index contributed by atoms with van der Waals surface area (Å²) in [4.78, 5) is 26.3. The van der Waals surface area contributed by atoms with Gasteiger partial charge in [-0.2, -0.15) is 5.26 Å². The van der Waals surface area contributed by atoms with E-state index in [2.05, 4.69) is 51.2 Å². The molecular formula is C28H33N7O2. The van der Waals surface area contributed by atoms with E-state index in [1.54, 1.807) is 0 Å².